The highest BCUT2D eigenvalue weighted by Gasteiger charge is 2.52. The molecular weight excluding hydrogens is 325 g/mol. The quantitative estimate of drug-likeness (QED) is 0.656. The van der Waals surface area contributed by atoms with Crippen molar-refractivity contribution in [2.24, 2.45) is 17.8 Å². The molecule has 2 aliphatic carbocycles. The highest BCUT2D eigenvalue weighted by Crippen LogP contribution is 2.48. The molecule has 5 nitrogen and oxygen atoms in total. The molecule has 0 unspecified atom stereocenters. The fraction of sp³-hybridized carbons (Fsp3) is 0.500. The Kier molecular flexibility index (Phi) is 4.38. The highest BCUT2D eigenvalue weighted by atomic mass is 19.2. The van der Waals surface area contributed by atoms with Crippen LogP contribution in [0.1, 0.15) is 19.3 Å². The van der Waals surface area contributed by atoms with Crippen LogP contribution in [0, 0.1) is 35.2 Å². The average molecular weight is 342 g/mol. The Bertz CT molecular complexity index is 683. The summed E-state index contributed by atoms with van der Waals surface area (Å²) < 4.78 is 44.5. The van der Waals surface area contributed by atoms with E-state index in [0.29, 0.717) is 0 Å². The average Bonchev–Trinajstić information content (AvgIpc) is 3.16. The van der Waals surface area contributed by atoms with Gasteiger partial charge in [0.1, 0.15) is 0 Å². The van der Waals surface area contributed by atoms with E-state index in [2.05, 4.69) is 10.6 Å². The molecule has 0 aliphatic heterocycles. The second-order valence-corrected chi connectivity index (χ2v) is 6.23. The van der Waals surface area contributed by atoms with Gasteiger partial charge in [0.25, 0.3) is 0 Å². The van der Waals surface area contributed by atoms with E-state index >= 15 is 0 Å². The zero-order chi connectivity index (χ0) is 17.4. The number of fused-ring (bicyclic) bond motifs is 2. The number of methoxy groups -OCH3 is 1. The van der Waals surface area contributed by atoms with Crippen molar-refractivity contribution in [1.29, 1.82) is 0 Å². The lowest BCUT2D eigenvalue weighted by Gasteiger charge is -2.29. The maximum Gasteiger partial charge on any atom is 0.319 e. The number of nitrogens with one attached hydrogen (secondary N) is 2. The van der Waals surface area contributed by atoms with Crippen molar-refractivity contribution in [2.45, 2.75) is 25.3 Å². The molecule has 1 aromatic rings. The zero-order valence-corrected chi connectivity index (χ0v) is 12.9. The van der Waals surface area contributed by atoms with Crippen LogP contribution >= 0.6 is 0 Å². The summed E-state index contributed by atoms with van der Waals surface area (Å²) in [6, 6.07) is 0.477. The summed E-state index contributed by atoms with van der Waals surface area (Å²) in [6.07, 6.45) is 2.62. The molecule has 0 aromatic heterocycles. The molecule has 2 bridgehead atoms. The Morgan fingerprint density at radius 3 is 2.54 bits per heavy atom. The van der Waals surface area contributed by atoms with Crippen LogP contribution in [-0.4, -0.2) is 25.2 Å². The molecule has 2 saturated carbocycles. The molecule has 0 heterocycles. The first kappa shape index (κ1) is 16.6. The summed E-state index contributed by atoms with van der Waals surface area (Å²) in [5, 5.41) is 4.81. The van der Waals surface area contributed by atoms with E-state index < -0.39 is 41.1 Å². The number of carbonyl (C=O) groups excluding carboxylic acids is 2. The van der Waals surface area contributed by atoms with E-state index in [4.69, 9.17) is 4.74 Å². The van der Waals surface area contributed by atoms with Gasteiger partial charge in [-0.1, -0.05) is 0 Å². The van der Waals surface area contributed by atoms with E-state index in [1.165, 1.54) is 7.11 Å². The number of hydrogen-bond donors (Lipinski definition) is 2. The molecule has 4 atom stereocenters. The molecule has 2 fully saturated rings. The monoisotopic (exact) mass is 342 g/mol. The third-order valence-corrected chi connectivity index (χ3v) is 4.97. The number of ether oxygens (including phenoxy) is 1. The minimum Gasteiger partial charge on any atom is -0.469 e. The van der Waals surface area contributed by atoms with Crippen molar-refractivity contribution in [1.82, 2.24) is 5.32 Å². The lowest BCUT2D eigenvalue weighted by molar-refractivity contribution is -0.148. The predicted octanol–water partition coefficient (Wildman–Crippen LogP) is 2.81. The van der Waals surface area contributed by atoms with Gasteiger partial charge in [0, 0.05) is 6.04 Å². The number of urea groups is 1. The van der Waals surface area contributed by atoms with Gasteiger partial charge in [0.2, 0.25) is 0 Å². The lowest BCUT2D eigenvalue weighted by Crippen LogP contribution is -2.48. The summed E-state index contributed by atoms with van der Waals surface area (Å²) in [5.74, 6) is -4.96. The number of anilines is 1. The highest BCUT2D eigenvalue weighted by molar-refractivity contribution is 5.90. The first-order valence-electron chi connectivity index (χ1n) is 7.71. The van der Waals surface area contributed by atoms with Crippen molar-refractivity contribution in [3.05, 3.63) is 29.6 Å². The predicted molar refractivity (Wildman–Crippen MR) is 78.6 cm³/mol. The van der Waals surface area contributed by atoms with Crippen molar-refractivity contribution in [3.8, 4) is 0 Å². The van der Waals surface area contributed by atoms with Gasteiger partial charge in [-0.15, -0.1) is 0 Å². The van der Waals surface area contributed by atoms with Gasteiger partial charge in [-0.2, -0.15) is 0 Å². The Hall–Kier alpha value is -2.25. The van der Waals surface area contributed by atoms with E-state index in [1.807, 2.05) is 0 Å². The smallest absolute Gasteiger partial charge is 0.319 e. The van der Waals surface area contributed by atoms with Crippen LogP contribution in [0.25, 0.3) is 0 Å². The molecular formula is C16H17F3N2O3. The third kappa shape index (κ3) is 2.81. The van der Waals surface area contributed by atoms with E-state index in [0.717, 1.165) is 31.4 Å². The van der Waals surface area contributed by atoms with Gasteiger partial charge in [-0.3, -0.25) is 4.79 Å². The zero-order valence-electron chi connectivity index (χ0n) is 12.9. The summed E-state index contributed by atoms with van der Waals surface area (Å²) in [6.45, 7) is 0. The SMILES string of the molecule is COC(=O)[C@@H]1[C@H]2CC[C@@H](C2)[C@@H]1NC(=O)Nc1ccc(F)c(F)c1F. The first-order chi connectivity index (χ1) is 11.4. The standard InChI is InChI=1S/C16H17F3N2O3/c1-24-15(22)11-7-2-3-8(6-7)14(11)21-16(23)20-10-5-4-9(17)12(18)13(10)19/h4-5,7-8,11,14H,2-3,6H2,1H3,(H2,20,21,23)/t7-,8-,11+,14-/m0/s1. The number of rotatable bonds is 3. The minimum absolute atomic E-state index is 0.152. The number of benzene rings is 1. The van der Waals surface area contributed by atoms with Gasteiger partial charge >= 0.3 is 12.0 Å². The fourth-order valence-electron chi connectivity index (χ4n) is 3.91. The molecule has 2 amide bonds. The first-order valence-corrected chi connectivity index (χ1v) is 7.71. The molecule has 130 valence electrons. The maximum absolute atomic E-state index is 13.6. The maximum atomic E-state index is 13.6. The number of halogens is 3. The molecule has 3 rings (SSSR count). The number of amides is 2. The second kappa shape index (κ2) is 6.33. The molecule has 2 N–H and O–H groups in total. The number of carbonyl (C=O) groups is 2. The van der Waals surface area contributed by atoms with E-state index in [-0.39, 0.29) is 17.8 Å². The van der Waals surface area contributed by atoms with Crippen LogP contribution in [0.4, 0.5) is 23.7 Å². The summed E-state index contributed by atoms with van der Waals surface area (Å²) in [4.78, 5) is 24.0. The van der Waals surface area contributed by atoms with Crippen molar-refractivity contribution >= 4 is 17.7 Å². The molecule has 0 radical (unpaired) electrons. The molecule has 1 aromatic carbocycles. The number of esters is 1. The van der Waals surface area contributed by atoms with Crippen LogP contribution < -0.4 is 10.6 Å². The summed E-state index contributed by atoms with van der Waals surface area (Å²) in [5.41, 5.74) is -0.468. The molecule has 2 aliphatic rings. The molecule has 24 heavy (non-hydrogen) atoms. The summed E-state index contributed by atoms with van der Waals surface area (Å²) >= 11 is 0. The van der Waals surface area contributed by atoms with E-state index in [9.17, 15) is 22.8 Å². The Balaban J connectivity index is 1.70. The molecule has 8 heteroatoms. The van der Waals surface area contributed by atoms with Crippen molar-refractivity contribution in [3.63, 3.8) is 0 Å². The Labute approximate surface area is 136 Å². The van der Waals surface area contributed by atoms with Crippen LogP contribution in [0.3, 0.4) is 0 Å². The molecule has 0 saturated heterocycles. The van der Waals surface area contributed by atoms with Gasteiger partial charge < -0.3 is 15.4 Å². The Morgan fingerprint density at radius 1 is 1.12 bits per heavy atom. The van der Waals surface area contributed by atoms with Gasteiger partial charge in [-0.05, 0) is 43.2 Å². The van der Waals surface area contributed by atoms with Crippen LogP contribution in [0.2, 0.25) is 0 Å². The van der Waals surface area contributed by atoms with Crippen molar-refractivity contribution in [2.75, 3.05) is 12.4 Å². The van der Waals surface area contributed by atoms with Gasteiger partial charge in [0.05, 0.1) is 18.7 Å². The largest absolute Gasteiger partial charge is 0.469 e. The van der Waals surface area contributed by atoms with Crippen LogP contribution in [0.5, 0.6) is 0 Å². The lowest BCUT2D eigenvalue weighted by atomic mass is 9.84. The van der Waals surface area contributed by atoms with Gasteiger partial charge in [-0.25, -0.2) is 18.0 Å². The summed E-state index contributed by atoms with van der Waals surface area (Å²) in [7, 11) is 1.29. The van der Waals surface area contributed by atoms with Crippen molar-refractivity contribution < 1.29 is 27.5 Å². The van der Waals surface area contributed by atoms with E-state index in [1.54, 1.807) is 0 Å². The third-order valence-electron chi connectivity index (χ3n) is 4.97. The molecule has 0 spiro atoms. The fourth-order valence-corrected chi connectivity index (χ4v) is 3.91. The second-order valence-electron chi connectivity index (χ2n) is 6.23. The van der Waals surface area contributed by atoms with Crippen LogP contribution in [-0.2, 0) is 9.53 Å². The number of hydrogen-bond acceptors (Lipinski definition) is 3. The van der Waals surface area contributed by atoms with Crippen LogP contribution in [0.15, 0.2) is 12.1 Å². The Morgan fingerprint density at radius 2 is 1.83 bits per heavy atom. The topological polar surface area (TPSA) is 67.4 Å². The van der Waals surface area contributed by atoms with Gasteiger partial charge in [0.15, 0.2) is 17.5 Å². The normalized spacial score (nSPS) is 27.8. The minimum atomic E-state index is -1.65.